The summed E-state index contributed by atoms with van der Waals surface area (Å²) in [5.74, 6) is 0.906. The molecule has 1 aromatic rings. The molecular formula is C21H32O2. The van der Waals surface area contributed by atoms with Crippen molar-refractivity contribution in [1.29, 1.82) is 0 Å². The third kappa shape index (κ3) is 6.21. The Morgan fingerprint density at radius 1 is 0.957 bits per heavy atom. The molecule has 0 spiro atoms. The van der Waals surface area contributed by atoms with Gasteiger partial charge in [0, 0.05) is 5.57 Å². The number of allylic oxidation sites excluding steroid dienone is 1. The van der Waals surface area contributed by atoms with Crippen LogP contribution in [0.5, 0.6) is 0 Å². The molecule has 0 aromatic heterocycles. The van der Waals surface area contributed by atoms with E-state index in [-0.39, 0.29) is 17.8 Å². The number of rotatable bonds is 8. The van der Waals surface area contributed by atoms with Gasteiger partial charge in [0.15, 0.2) is 0 Å². The lowest BCUT2D eigenvalue weighted by atomic mass is 9.86. The van der Waals surface area contributed by atoms with Crippen molar-refractivity contribution in [2.45, 2.75) is 54.4 Å². The number of esters is 1. The van der Waals surface area contributed by atoms with E-state index in [9.17, 15) is 4.79 Å². The lowest BCUT2D eigenvalue weighted by molar-refractivity contribution is -0.139. The van der Waals surface area contributed by atoms with E-state index >= 15 is 0 Å². The van der Waals surface area contributed by atoms with Crippen LogP contribution in [0.25, 0.3) is 5.57 Å². The van der Waals surface area contributed by atoms with Gasteiger partial charge in [-0.1, -0.05) is 71.9 Å². The minimum absolute atomic E-state index is 0.144. The highest BCUT2D eigenvalue weighted by Crippen LogP contribution is 2.31. The molecule has 128 valence electrons. The molecule has 0 N–H and O–H groups in total. The summed E-state index contributed by atoms with van der Waals surface area (Å²) in [6.07, 6.45) is 2.01. The van der Waals surface area contributed by atoms with Crippen molar-refractivity contribution in [3.63, 3.8) is 0 Å². The van der Waals surface area contributed by atoms with Crippen LogP contribution in [-0.2, 0) is 9.53 Å². The highest BCUT2D eigenvalue weighted by atomic mass is 16.5. The number of hydrogen-bond acceptors (Lipinski definition) is 2. The van der Waals surface area contributed by atoms with Gasteiger partial charge in [-0.3, -0.25) is 0 Å². The second kappa shape index (κ2) is 9.54. The molecular weight excluding hydrogens is 284 g/mol. The molecule has 0 atom stereocenters. The summed E-state index contributed by atoms with van der Waals surface area (Å²) in [4.78, 5) is 12.7. The molecule has 0 radical (unpaired) electrons. The molecule has 1 rings (SSSR count). The first-order valence-corrected chi connectivity index (χ1v) is 8.81. The van der Waals surface area contributed by atoms with Crippen molar-refractivity contribution in [1.82, 2.24) is 0 Å². The van der Waals surface area contributed by atoms with Gasteiger partial charge in [0.25, 0.3) is 0 Å². The summed E-state index contributed by atoms with van der Waals surface area (Å²) in [5.41, 5.74) is 3.04. The Morgan fingerprint density at radius 3 is 2.04 bits per heavy atom. The second-order valence-corrected chi connectivity index (χ2v) is 7.17. The van der Waals surface area contributed by atoms with Crippen molar-refractivity contribution in [3.05, 3.63) is 41.5 Å². The maximum atomic E-state index is 12.7. The molecule has 0 aliphatic heterocycles. The van der Waals surface area contributed by atoms with Crippen molar-refractivity contribution >= 4 is 11.5 Å². The highest BCUT2D eigenvalue weighted by Gasteiger charge is 2.23. The Bertz CT molecular complexity index is 510. The summed E-state index contributed by atoms with van der Waals surface area (Å²) in [6, 6.07) is 10.2. The summed E-state index contributed by atoms with van der Waals surface area (Å²) in [5, 5.41) is 0. The molecule has 0 aliphatic carbocycles. The van der Waals surface area contributed by atoms with Gasteiger partial charge in [-0.05, 0) is 41.7 Å². The van der Waals surface area contributed by atoms with Crippen LogP contribution >= 0.6 is 0 Å². The van der Waals surface area contributed by atoms with E-state index in [4.69, 9.17) is 4.74 Å². The second-order valence-electron chi connectivity index (χ2n) is 7.17. The van der Waals surface area contributed by atoms with Crippen molar-refractivity contribution in [2.75, 3.05) is 6.61 Å². The third-order valence-electron chi connectivity index (χ3n) is 3.91. The maximum absolute atomic E-state index is 12.7. The van der Waals surface area contributed by atoms with E-state index in [2.05, 4.69) is 53.7 Å². The number of carbonyl (C=O) groups excluding carboxylic acids is 1. The minimum atomic E-state index is -0.156. The van der Waals surface area contributed by atoms with E-state index in [1.807, 2.05) is 18.2 Å². The molecule has 1 aromatic carbocycles. The van der Waals surface area contributed by atoms with Gasteiger partial charge in [0.05, 0.1) is 6.61 Å². The molecule has 0 bridgehead atoms. The molecule has 0 saturated heterocycles. The third-order valence-corrected chi connectivity index (χ3v) is 3.91. The van der Waals surface area contributed by atoms with Crippen molar-refractivity contribution in [3.8, 4) is 0 Å². The fourth-order valence-electron chi connectivity index (χ4n) is 2.81. The molecule has 2 heteroatoms. The van der Waals surface area contributed by atoms with Gasteiger partial charge in [-0.2, -0.15) is 0 Å². The van der Waals surface area contributed by atoms with E-state index in [1.165, 1.54) is 0 Å². The van der Waals surface area contributed by atoms with Crippen molar-refractivity contribution < 1.29 is 9.53 Å². The lowest BCUT2D eigenvalue weighted by Gasteiger charge is -2.21. The van der Waals surface area contributed by atoms with Crippen LogP contribution in [0.15, 0.2) is 35.9 Å². The molecule has 0 fully saturated rings. The van der Waals surface area contributed by atoms with Crippen LogP contribution in [0.3, 0.4) is 0 Å². The van der Waals surface area contributed by atoms with Crippen LogP contribution in [0, 0.1) is 17.8 Å². The average Bonchev–Trinajstić information content (AvgIpc) is 2.48. The summed E-state index contributed by atoms with van der Waals surface area (Å²) >= 11 is 0. The number of carbonyl (C=O) groups is 1. The van der Waals surface area contributed by atoms with Crippen molar-refractivity contribution in [2.24, 2.45) is 17.8 Å². The Labute approximate surface area is 141 Å². The topological polar surface area (TPSA) is 26.3 Å². The minimum Gasteiger partial charge on any atom is -0.462 e. The van der Waals surface area contributed by atoms with Gasteiger partial charge in [-0.25, -0.2) is 4.79 Å². The molecule has 0 heterocycles. The average molecular weight is 316 g/mol. The number of ether oxygens (including phenoxy) is 1. The SMILES string of the molecule is CC(C)CCCOC(=O)C(=C(c1ccccc1)C(C)C)C(C)C. The predicted molar refractivity (Wildman–Crippen MR) is 98.1 cm³/mol. The van der Waals surface area contributed by atoms with Gasteiger partial charge in [-0.15, -0.1) is 0 Å². The largest absolute Gasteiger partial charge is 0.462 e. The van der Waals surface area contributed by atoms with E-state index in [0.29, 0.717) is 12.5 Å². The van der Waals surface area contributed by atoms with Crippen LogP contribution < -0.4 is 0 Å². The first kappa shape index (κ1) is 19.5. The first-order chi connectivity index (χ1) is 10.8. The Hall–Kier alpha value is -1.57. The quantitative estimate of drug-likeness (QED) is 0.348. The van der Waals surface area contributed by atoms with Gasteiger partial charge >= 0.3 is 5.97 Å². The molecule has 2 nitrogen and oxygen atoms in total. The lowest BCUT2D eigenvalue weighted by Crippen LogP contribution is -2.17. The van der Waals surface area contributed by atoms with E-state index in [1.54, 1.807) is 0 Å². The standard InChI is InChI=1S/C21H32O2/c1-15(2)11-10-14-23-21(22)20(17(5)6)19(16(3)4)18-12-8-7-9-13-18/h7-9,12-13,15-17H,10-11,14H2,1-6H3. The fourth-order valence-corrected chi connectivity index (χ4v) is 2.81. The first-order valence-electron chi connectivity index (χ1n) is 8.81. The predicted octanol–water partition coefficient (Wildman–Crippen LogP) is 5.73. The maximum Gasteiger partial charge on any atom is 0.334 e. The summed E-state index contributed by atoms with van der Waals surface area (Å²) in [6.45, 7) is 13.3. The Kier molecular flexibility index (Phi) is 8.08. The molecule has 0 aliphatic rings. The zero-order valence-corrected chi connectivity index (χ0v) is 15.6. The monoisotopic (exact) mass is 316 g/mol. The van der Waals surface area contributed by atoms with Gasteiger partial charge < -0.3 is 4.74 Å². The summed E-state index contributed by atoms with van der Waals surface area (Å²) in [7, 11) is 0. The van der Waals surface area contributed by atoms with Crippen LogP contribution in [-0.4, -0.2) is 12.6 Å². The highest BCUT2D eigenvalue weighted by molar-refractivity contribution is 5.98. The van der Waals surface area contributed by atoms with Crippen LogP contribution in [0.1, 0.15) is 59.9 Å². The van der Waals surface area contributed by atoms with E-state index < -0.39 is 0 Å². The Balaban J connectivity index is 3.02. The Morgan fingerprint density at radius 2 is 1.57 bits per heavy atom. The van der Waals surface area contributed by atoms with Gasteiger partial charge in [0.1, 0.15) is 0 Å². The zero-order valence-electron chi connectivity index (χ0n) is 15.6. The molecule has 0 unspecified atom stereocenters. The van der Waals surface area contributed by atoms with Crippen LogP contribution in [0.2, 0.25) is 0 Å². The molecule has 0 amide bonds. The zero-order chi connectivity index (χ0) is 17.4. The summed E-state index contributed by atoms with van der Waals surface area (Å²) < 4.78 is 5.57. The van der Waals surface area contributed by atoms with Crippen LogP contribution in [0.4, 0.5) is 0 Å². The molecule has 23 heavy (non-hydrogen) atoms. The van der Waals surface area contributed by atoms with E-state index in [0.717, 1.165) is 29.6 Å². The number of hydrogen-bond donors (Lipinski definition) is 0. The normalized spacial score (nSPS) is 12.7. The smallest absolute Gasteiger partial charge is 0.334 e. The molecule has 0 saturated carbocycles. The number of benzene rings is 1. The van der Waals surface area contributed by atoms with Gasteiger partial charge in [0.2, 0.25) is 0 Å². The fraction of sp³-hybridized carbons (Fsp3) is 0.571.